The van der Waals surface area contributed by atoms with Gasteiger partial charge in [0.05, 0.1) is 6.61 Å². The van der Waals surface area contributed by atoms with E-state index >= 15 is 0 Å². The Hall–Kier alpha value is -0.580. The predicted molar refractivity (Wildman–Crippen MR) is 88.2 cm³/mol. The predicted octanol–water partition coefficient (Wildman–Crippen LogP) is 3.72. The summed E-state index contributed by atoms with van der Waals surface area (Å²) in [4.78, 5) is 2.46. The SMILES string of the molecule is COCCN(c1ccc([C@H](C)N)c(Br)c1)C(C)C1CC1. The Morgan fingerprint density at radius 2 is 2.10 bits per heavy atom. The zero-order valence-corrected chi connectivity index (χ0v) is 14.2. The first kappa shape index (κ1) is 15.8. The molecule has 0 amide bonds. The number of methoxy groups -OCH3 is 1. The van der Waals surface area contributed by atoms with Crippen molar-refractivity contribution in [1.29, 1.82) is 0 Å². The molecule has 3 nitrogen and oxygen atoms in total. The third kappa shape index (κ3) is 3.74. The van der Waals surface area contributed by atoms with Crippen molar-refractivity contribution in [3.05, 3.63) is 28.2 Å². The van der Waals surface area contributed by atoms with Gasteiger partial charge in [0.25, 0.3) is 0 Å². The minimum Gasteiger partial charge on any atom is -0.383 e. The standard InChI is InChI=1S/C16H25BrN2O/c1-11(18)15-7-6-14(10-16(15)17)19(8-9-20-3)12(2)13-4-5-13/h6-7,10-13H,4-5,8-9,18H2,1-3H3/t11-,12?/m0/s1. The first-order valence-electron chi connectivity index (χ1n) is 7.35. The van der Waals surface area contributed by atoms with Crippen LogP contribution in [0.3, 0.4) is 0 Å². The van der Waals surface area contributed by atoms with Crippen molar-refractivity contribution in [3.8, 4) is 0 Å². The summed E-state index contributed by atoms with van der Waals surface area (Å²) in [7, 11) is 1.76. The maximum atomic E-state index is 5.98. The van der Waals surface area contributed by atoms with E-state index in [1.54, 1.807) is 7.11 Å². The minimum atomic E-state index is 0.0479. The molecule has 0 radical (unpaired) electrons. The van der Waals surface area contributed by atoms with E-state index in [4.69, 9.17) is 10.5 Å². The third-order valence-electron chi connectivity index (χ3n) is 4.14. The summed E-state index contributed by atoms with van der Waals surface area (Å²) in [6, 6.07) is 7.11. The number of hydrogen-bond acceptors (Lipinski definition) is 3. The fourth-order valence-corrected chi connectivity index (χ4v) is 3.38. The zero-order valence-electron chi connectivity index (χ0n) is 12.6. The molecule has 0 bridgehead atoms. The van der Waals surface area contributed by atoms with Crippen LogP contribution in [-0.2, 0) is 4.74 Å². The molecule has 112 valence electrons. The first-order valence-corrected chi connectivity index (χ1v) is 8.14. The molecule has 1 unspecified atom stereocenters. The number of ether oxygens (including phenoxy) is 1. The molecular weight excluding hydrogens is 316 g/mol. The summed E-state index contributed by atoms with van der Waals surface area (Å²) < 4.78 is 6.36. The second kappa shape index (κ2) is 6.92. The average Bonchev–Trinajstić information content (AvgIpc) is 3.22. The van der Waals surface area contributed by atoms with Crippen molar-refractivity contribution in [2.24, 2.45) is 11.7 Å². The normalized spacial score (nSPS) is 17.9. The van der Waals surface area contributed by atoms with Crippen LogP contribution < -0.4 is 10.6 Å². The highest BCUT2D eigenvalue weighted by Gasteiger charge is 2.32. The van der Waals surface area contributed by atoms with Gasteiger partial charge < -0.3 is 15.4 Å². The molecule has 0 spiro atoms. The van der Waals surface area contributed by atoms with E-state index in [0.29, 0.717) is 6.04 Å². The molecule has 2 N–H and O–H groups in total. The van der Waals surface area contributed by atoms with E-state index in [2.05, 4.69) is 46.0 Å². The summed E-state index contributed by atoms with van der Waals surface area (Å²) in [6.07, 6.45) is 2.70. The van der Waals surface area contributed by atoms with Gasteiger partial charge in [-0.25, -0.2) is 0 Å². The molecule has 0 aromatic heterocycles. The van der Waals surface area contributed by atoms with Crippen LogP contribution in [0, 0.1) is 5.92 Å². The van der Waals surface area contributed by atoms with Gasteiger partial charge in [-0.05, 0) is 50.3 Å². The summed E-state index contributed by atoms with van der Waals surface area (Å²) >= 11 is 3.65. The topological polar surface area (TPSA) is 38.5 Å². The van der Waals surface area contributed by atoms with Crippen LogP contribution in [-0.4, -0.2) is 26.3 Å². The molecule has 1 aliphatic carbocycles. The Labute approximate surface area is 130 Å². The fraction of sp³-hybridized carbons (Fsp3) is 0.625. The van der Waals surface area contributed by atoms with Gasteiger partial charge >= 0.3 is 0 Å². The van der Waals surface area contributed by atoms with Gasteiger partial charge in [0, 0.05) is 35.9 Å². The third-order valence-corrected chi connectivity index (χ3v) is 4.83. The first-order chi connectivity index (χ1) is 9.54. The van der Waals surface area contributed by atoms with Gasteiger partial charge in [0.15, 0.2) is 0 Å². The van der Waals surface area contributed by atoms with Gasteiger partial charge in [-0.15, -0.1) is 0 Å². The van der Waals surface area contributed by atoms with Crippen molar-refractivity contribution >= 4 is 21.6 Å². The van der Waals surface area contributed by atoms with E-state index < -0.39 is 0 Å². The molecule has 1 saturated carbocycles. The molecule has 1 fully saturated rings. The molecule has 4 heteroatoms. The highest BCUT2D eigenvalue weighted by molar-refractivity contribution is 9.10. The monoisotopic (exact) mass is 340 g/mol. The van der Waals surface area contributed by atoms with Gasteiger partial charge in [-0.3, -0.25) is 0 Å². The van der Waals surface area contributed by atoms with Crippen molar-refractivity contribution in [3.63, 3.8) is 0 Å². The Morgan fingerprint density at radius 3 is 2.60 bits per heavy atom. The maximum Gasteiger partial charge on any atom is 0.0637 e. The summed E-state index contributed by atoms with van der Waals surface area (Å²) in [5.74, 6) is 0.832. The lowest BCUT2D eigenvalue weighted by Crippen LogP contribution is -2.37. The zero-order chi connectivity index (χ0) is 14.7. The van der Waals surface area contributed by atoms with E-state index in [0.717, 1.165) is 29.1 Å². The molecule has 1 aromatic carbocycles. The van der Waals surface area contributed by atoms with Gasteiger partial charge in [-0.2, -0.15) is 0 Å². The molecular formula is C16H25BrN2O. The number of halogens is 1. The summed E-state index contributed by atoms with van der Waals surface area (Å²) in [5.41, 5.74) is 8.38. The number of nitrogens with zero attached hydrogens (tertiary/aromatic N) is 1. The molecule has 2 rings (SSSR count). The van der Waals surface area contributed by atoms with E-state index in [1.165, 1.54) is 18.5 Å². The minimum absolute atomic E-state index is 0.0479. The average molecular weight is 341 g/mol. The second-order valence-corrected chi connectivity index (χ2v) is 6.61. The Kier molecular flexibility index (Phi) is 5.47. The number of nitrogens with two attached hydrogens (primary N) is 1. The quantitative estimate of drug-likeness (QED) is 0.821. The number of rotatable bonds is 7. The Bertz CT molecular complexity index is 446. The second-order valence-electron chi connectivity index (χ2n) is 5.76. The van der Waals surface area contributed by atoms with Crippen LogP contribution in [0.25, 0.3) is 0 Å². The van der Waals surface area contributed by atoms with Gasteiger partial charge in [-0.1, -0.05) is 22.0 Å². The molecule has 1 aromatic rings. The van der Waals surface area contributed by atoms with Crippen LogP contribution in [0.5, 0.6) is 0 Å². The van der Waals surface area contributed by atoms with Crippen molar-refractivity contribution < 1.29 is 4.74 Å². The maximum absolute atomic E-state index is 5.98. The number of benzene rings is 1. The Balaban J connectivity index is 2.21. The molecule has 1 aliphatic rings. The van der Waals surface area contributed by atoms with Crippen LogP contribution in [0.4, 0.5) is 5.69 Å². The fourth-order valence-electron chi connectivity index (χ4n) is 2.65. The molecule has 0 heterocycles. The van der Waals surface area contributed by atoms with Gasteiger partial charge in [0.1, 0.15) is 0 Å². The summed E-state index contributed by atoms with van der Waals surface area (Å²) in [6.45, 7) is 6.01. The highest BCUT2D eigenvalue weighted by atomic mass is 79.9. The molecule has 20 heavy (non-hydrogen) atoms. The van der Waals surface area contributed by atoms with Gasteiger partial charge in [0.2, 0.25) is 0 Å². The molecule has 2 atom stereocenters. The summed E-state index contributed by atoms with van der Waals surface area (Å²) in [5, 5.41) is 0. The van der Waals surface area contributed by atoms with E-state index in [-0.39, 0.29) is 6.04 Å². The Morgan fingerprint density at radius 1 is 1.40 bits per heavy atom. The van der Waals surface area contributed by atoms with E-state index in [1.807, 2.05) is 6.92 Å². The van der Waals surface area contributed by atoms with Crippen LogP contribution in [0.1, 0.15) is 38.3 Å². The number of anilines is 1. The van der Waals surface area contributed by atoms with Crippen molar-refractivity contribution in [2.75, 3.05) is 25.2 Å². The van der Waals surface area contributed by atoms with Crippen molar-refractivity contribution in [2.45, 2.75) is 38.8 Å². The lowest BCUT2D eigenvalue weighted by Gasteiger charge is -2.32. The lowest BCUT2D eigenvalue weighted by molar-refractivity contribution is 0.202. The highest BCUT2D eigenvalue weighted by Crippen LogP contribution is 2.37. The van der Waals surface area contributed by atoms with Crippen LogP contribution in [0.15, 0.2) is 22.7 Å². The van der Waals surface area contributed by atoms with Crippen LogP contribution >= 0.6 is 15.9 Å². The molecule has 0 aliphatic heterocycles. The molecule has 0 saturated heterocycles. The number of hydrogen-bond donors (Lipinski definition) is 1. The smallest absolute Gasteiger partial charge is 0.0637 e. The van der Waals surface area contributed by atoms with Crippen LogP contribution in [0.2, 0.25) is 0 Å². The largest absolute Gasteiger partial charge is 0.383 e. The lowest BCUT2D eigenvalue weighted by atomic mass is 10.1. The van der Waals surface area contributed by atoms with Crippen molar-refractivity contribution in [1.82, 2.24) is 0 Å². The van der Waals surface area contributed by atoms with E-state index in [9.17, 15) is 0 Å².